The number of guanidine groups is 1. The molecule has 0 spiro atoms. The van der Waals surface area contributed by atoms with E-state index in [4.69, 9.17) is 4.74 Å². The first-order valence-electron chi connectivity index (χ1n) is 10.4. The molecule has 1 aliphatic heterocycles. The molecule has 174 valence electrons. The number of nitrogens with zero attached hydrogens (tertiary/aromatic N) is 2. The molecule has 2 aromatic carbocycles. The molecule has 0 aromatic heterocycles. The maximum absolute atomic E-state index is 13.0. The van der Waals surface area contributed by atoms with Crippen LogP contribution in [0.25, 0.3) is 0 Å². The standard InChI is InChI=1S/C23H29FN4O2S.HI/c1-28(2)22(29)16-26-23(25-13-5-15-31-18-10-8-17(24)9-11-18)27-20-12-14-30-21-7-4-3-6-19(20)21;/h3-4,6-11,20H,5,12-16H2,1-2H3,(H2,25,26,27);1H. The molecule has 3 rings (SSSR count). The summed E-state index contributed by atoms with van der Waals surface area (Å²) in [7, 11) is 3.44. The second-order valence-electron chi connectivity index (χ2n) is 7.41. The minimum atomic E-state index is -0.222. The fraction of sp³-hybridized carbons (Fsp3) is 0.391. The summed E-state index contributed by atoms with van der Waals surface area (Å²) in [5.41, 5.74) is 1.09. The van der Waals surface area contributed by atoms with Crippen LogP contribution < -0.4 is 15.4 Å². The van der Waals surface area contributed by atoms with Crippen molar-refractivity contribution >= 4 is 47.6 Å². The van der Waals surface area contributed by atoms with Crippen LogP contribution in [-0.2, 0) is 4.79 Å². The van der Waals surface area contributed by atoms with Crippen LogP contribution in [0, 0.1) is 5.82 Å². The number of thioether (sulfide) groups is 1. The SMILES string of the molecule is CN(C)C(=O)CN=C(NCCCSc1ccc(F)cc1)NC1CCOc2ccccc21.I. The molecule has 1 heterocycles. The van der Waals surface area contributed by atoms with Gasteiger partial charge in [0, 0.05) is 37.5 Å². The van der Waals surface area contributed by atoms with Gasteiger partial charge in [-0.15, -0.1) is 35.7 Å². The molecule has 2 N–H and O–H groups in total. The number of carbonyl (C=O) groups excluding carboxylic acids is 1. The highest BCUT2D eigenvalue weighted by atomic mass is 127. The van der Waals surface area contributed by atoms with Crippen LogP contribution in [0.1, 0.15) is 24.4 Å². The summed E-state index contributed by atoms with van der Waals surface area (Å²) in [4.78, 5) is 19.1. The van der Waals surface area contributed by atoms with Gasteiger partial charge in [-0.3, -0.25) is 4.79 Å². The number of halogens is 2. The molecule has 1 unspecified atom stereocenters. The Morgan fingerprint density at radius 1 is 1.22 bits per heavy atom. The Morgan fingerprint density at radius 3 is 2.72 bits per heavy atom. The molecular formula is C23H30FIN4O2S. The molecule has 1 amide bonds. The lowest BCUT2D eigenvalue weighted by atomic mass is 10.0. The van der Waals surface area contributed by atoms with Crippen LogP contribution in [0.4, 0.5) is 4.39 Å². The van der Waals surface area contributed by atoms with Crippen molar-refractivity contribution in [3.63, 3.8) is 0 Å². The van der Waals surface area contributed by atoms with E-state index in [1.807, 2.05) is 24.3 Å². The Kier molecular flexibility index (Phi) is 11.1. The lowest BCUT2D eigenvalue weighted by Gasteiger charge is -2.28. The Morgan fingerprint density at radius 2 is 1.97 bits per heavy atom. The summed E-state index contributed by atoms with van der Waals surface area (Å²) in [5, 5.41) is 6.80. The summed E-state index contributed by atoms with van der Waals surface area (Å²) in [6.07, 6.45) is 1.72. The maximum Gasteiger partial charge on any atom is 0.243 e. The second kappa shape index (κ2) is 13.5. The van der Waals surface area contributed by atoms with Gasteiger partial charge in [-0.1, -0.05) is 18.2 Å². The highest BCUT2D eigenvalue weighted by molar-refractivity contribution is 14.0. The lowest BCUT2D eigenvalue weighted by Crippen LogP contribution is -2.42. The van der Waals surface area contributed by atoms with Gasteiger partial charge in [-0.2, -0.15) is 0 Å². The van der Waals surface area contributed by atoms with Gasteiger partial charge in [0.1, 0.15) is 18.1 Å². The van der Waals surface area contributed by atoms with E-state index in [0.29, 0.717) is 19.1 Å². The zero-order valence-corrected chi connectivity index (χ0v) is 21.5. The van der Waals surface area contributed by atoms with Crippen molar-refractivity contribution in [2.45, 2.75) is 23.8 Å². The molecular weight excluding hydrogens is 542 g/mol. The van der Waals surface area contributed by atoms with Crippen molar-refractivity contribution in [1.82, 2.24) is 15.5 Å². The molecule has 0 radical (unpaired) electrons. The molecule has 1 atom stereocenters. The van der Waals surface area contributed by atoms with Crippen molar-refractivity contribution < 1.29 is 13.9 Å². The minimum Gasteiger partial charge on any atom is -0.493 e. The second-order valence-corrected chi connectivity index (χ2v) is 8.58. The Balaban J connectivity index is 0.00000363. The number of fused-ring (bicyclic) bond motifs is 1. The maximum atomic E-state index is 13.0. The van der Waals surface area contributed by atoms with E-state index >= 15 is 0 Å². The average Bonchev–Trinajstić information content (AvgIpc) is 2.78. The number of nitrogens with one attached hydrogen (secondary N) is 2. The van der Waals surface area contributed by atoms with Gasteiger partial charge in [0.25, 0.3) is 0 Å². The summed E-state index contributed by atoms with van der Waals surface area (Å²) < 4.78 is 18.7. The van der Waals surface area contributed by atoms with Crippen LogP contribution >= 0.6 is 35.7 Å². The predicted octanol–water partition coefficient (Wildman–Crippen LogP) is 4.07. The topological polar surface area (TPSA) is 66.0 Å². The summed E-state index contributed by atoms with van der Waals surface area (Å²) >= 11 is 1.69. The summed E-state index contributed by atoms with van der Waals surface area (Å²) in [6.45, 7) is 1.42. The van der Waals surface area contributed by atoms with E-state index in [0.717, 1.165) is 34.8 Å². The van der Waals surface area contributed by atoms with Crippen LogP contribution in [0.2, 0.25) is 0 Å². The van der Waals surface area contributed by atoms with E-state index < -0.39 is 0 Å². The van der Waals surface area contributed by atoms with Crippen LogP contribution in [0.3, 0.4) is 0 Å². The first kappa shape index (κ1) is 26.2. The molecule has 0 saturated heterocycles. The number of benzene rings is 2. The number of hydrogen-bond donors (Lipinski definition) is 2. The van der Waals surface area contributed by atoms with Gasteiger partial charge in [-0.25, -0.2) is 9.38 Å². The number of rotatable bonds is 8. The van der Waals surface area contributed by atoms with Crippen molar-refractivity contribution in [3.05, 3.63) is 59.9 Å². The number of ether oxygens (including phenoxy) is 1. The largest absolute Gasteiger partial charge is 0.493 e. The number of carbonyl (C=O) groups is 1. The molecule has 0 bridgehead atoms. The van der Waals surface area contributed by atoms with Crippen LogP contribution in [-0.4, -0.2) is 56.3 Å². The van der Waals surface area contributed by atoms with Gasteiger partial charge >= 0.3 is 0 Å². The lowest BCUT2D eigenvalue weighted by molar-refractivity contribution is -0.127. The number of likely N-dealkylation sites (N-methyl/N-ethyl adjacent to an activating group) is 1. The van der Waals surface area contributed by atoms with Gasteiger partial charge in [0.05, 0.1) is 12.6 Å². The Labute approximate surface area is 210 Å². The summed E-state index contributed by atoms with van der Waals surface area (Å²) in [6, 6.07) is 14.6. The third kappa shape index (κ3) is 8.16. The highest BCUT2D eigenvalue weighted by Crippen LogP contribution is 2.31. The quantitative estimate of drug-likeness (QED) is 0.164. The minimum absolute atomic E-state index is 0. The molecule has 1 aliphatic rings. The number of amides is 1. The number of aliphatic imine (C=N–C) groups is 1. The van der Waals surface area contributed by atoms with Crippen LogP contribution in [0.5, 0.6) is 5.75 Å². The fourth-order valence-electron chi connectivity index (χ4n) is 3.10. The number of hydrogen-bond acceptors (Lipinski definition) is 4. The number of para-hydroxylation sites is 1. The first-order chi connectivity index (χ1) is 15.0. The summed E-state index contributed by atoms with van der Waals surface area (Å²) in [5.74, 6) is 2.11. The monoisotopic (exact) mass is 572 g/mol. The van der Waals surface area contributed by atoms with Gasteiger partial charge in [0.2, 0.25) is 5.91 Å². The van der Waals surface area contributed by atoms with E-state index in [-0.39, 0.29) is 48.3 Å². The molecule has 9 heteroatoms. The molecule has 2 aromatic rings. The Hall–Kier alpha value is -2.01. The third-order valence-corrected chi connectivity index (χ3v) is 5.93. The van der Waals surface area contributed by atoms with Crippen molar-refractivity contribution in [1.29, 1.82) is 0 Å². The zero-order valence-electron chi connectivity index (χ0n) is 18.3. The van der Waals surface area contributed by atoms with Gasteiger partial charge < -0.3 is 20.3 Å². The normalized spacial score (nSPS) is 15.1. The van der Waals surface area contributed by atoms with Crippen molar-refractivity contribution in [3.8, 4) is 5.75 Å². The third-order valence-electron chi connectivity index (χ3n) is 4.84. The molecule has 0 aliphatic carbocycles. The van der Waals surface area contributed by atoms with Gasteiger partial charge in [0.15, 0.2) is 5.96 Å². The van der Waals surface area contributed by atoms with Crippen molar-refractivity contribution in [2.24, 2.45) is 4.99 Å². The predicted molar refractivity (Wildman–Crippen MR) is 139 cm³/mol. The average molecular weight is 572 g/mol. The molecule has 32 heavy (non-hydrogen) atoms. The van der Waals surface area contributed by atoms with E-state index in [1.54, 1.807) is 38.0 Å². The van der Waals surface area contributed by atoms with E-state index in [1.165, 1.54) is 17.0 Å². The van der Waals surface area contributed by atoms with Crippen LogP contribution in [0.15, 0.2) is 58.4 Å². The molecule has 0 saturated carbocycles. The molecule has 0 fully saturated rings. The van der Waals surface area contributed by atoms with E-state index in [2.05, 4.69) is 15.6 Å². The van der Waals surface area contributed by atoms with E-state index in [9.17, 15) is 9.18 Å². The van der Waals surface area contributed by atoms with Gasteiger partial charge in [-0.05, 0) is 42.5 Å². The molecule has 6 nitrogen and oxygen atoms in total. The van der Waals surface area contributed by atoms with Crippen molar-refractivity contribution in [2.75, 3.05) is 39.5 Å². The smallest absolute Gasteiger partial charge is 0.243 e. The zero-order chi connectivity index (χ0) is 22.1. The fourth-order valence-corrected chi connectivity index (χ4v) is 3.95. The first-order valence-corrected chi connectivity index (χ1v) is 11.4. The highest BCUT2D eigenvalue weighted by Gasteiger charge is 2.22. The Bertz CT molecular complexity index is 896.